The highest BCUT2D eigenvalue weighted by Crippen LogP contribution is 2.47. The van der Waals surface area contributed by atoms with E-state index >= 15 is 0 Å². The summed E-state index contributed by atoms with van der Waals surface area (Å²) in [5.41, 5.74) is 1.98. The van der Waals surface area contributed by atoms with Crippen molar-refractivity contribution in [3.05, 3.63) is 29.8 Å². The topological polar surface area (TPSA) is 12.0 Å². The van der Waals surface area contributed by atoms with Crippen LogP contribution in [0.5, 0.6) is 0 Å². The van der Waals surface area contributed by atoms with Gasteiger partial charge in [-0.2, -0.15) is 0 Å². The van der Waals surface area contributed by atoms with Crippen LogP contribution in [0.4, 0.5) is 0 Å². The first kappa shape index (κ1) is 13.0. The Morgan fingerprint density at radius 3 is 2.35 bits per heavy atom. The van der Waals surface area contributed by atoms with Gasteiger partial charge in [-0.15, -0.1) is 11.8 Å². The van der Waals surface area contributed by atoms with E-state index in [1.807, 2.05) is 11.8 Å². The SMILES string of the molecule is CCNCC1(c2ccc(SC(C)C)cc2)CC1. The zero-order valence-electron chi connectivity index (χ0n) is 11.1. The number of hydrogen-bond acceptors (Lipinski definition) is 2. The minimum Gasteiger partial charge on any atom is -0.316 e. The van der Waals surface area contributed by atoms with Gasteiger partial charge in [0.05, 0.1) is 0 Å². The second-order valence-corrected chi connectivity index (χ2v) is 6.90. The van der Waals surface area contributed by atoms with Gasteiger partial charge in [0.2, 0.25) is 0 Å². The molecule has 0 aliphatic heterocycles. The van der Waals surface area contributed by atoms with Crippen molar-refractivity contribution in [1.29, 1.82) is 0 Å². The molecule has 0 heterocycles. The Bertz CT molecular complexity index is 352. The van der Waals surface area contributed by atoms with Crippen LogP contribution >= 0.6 is 11.8 Å². The lowest BCUT2D eigenvalue weighted by Gasteiger charge is -2.16. The minimum atomic E-state index is 0.455. The van der Waals surface area contributed by atoms with Gasteiger partial charge >= 0.3 is 0 Å². The summed E-state index contributed by atoms with van der Waals surface area (Å²) >= 11 is 1.94. The van der Waals surface area contributed by atoms with E-state index in [1.54, 1.807) is 0 Å². The molecule has 94 valence electrons. The standard InChI is InChI=1S/C15H23NS/c1-4-16-11-15(9-10-15)13-5-7-14(8-6-13)17-12(2)3/h5-8,12,16H,4,9-11H2,1-3H3. The summed E-state index contributed by atoms with van der Waals surface area (Å²) in [6.45, 7) is 8.87. The maximum absolute atomic E-state index is 3.49. The predicted octanol–water partition coefficient (Wildman–Crippen LogP) is 3.83. The van der Waals surface area contributed by atoms with Crippen LogP contribution in [0.3, 0.4) is 0 Å². The van der Waals surface area contributed by atoms with Crippen molar-refractivity contribution in [1.82, 2.24) is 5.32 Å². The van der Waals surface area contributed by atoms with Gasteiger partial charge in [0, 0.05) is 22.1 Å². The summed E-state index contributed by atoms with van der Waals surface area (Å²) in [4.78, 5) is 1.39. The lowest BCUT2D eigenvalue weighted by atomic mass is 9.96. The van der Waals surface area contributed by atoms with Gasteiger partial charge < -0.3 is 5.32 Å². The van der Waals surface area contributed by atoms with Crippen LogP contribution in [-0.4, -0.2) is 18.3 Å². The first-order chi connectivity index (χ1) is 8.16. The molecule has 0 amide bonds. The van der Waals surface area contributed by atoms with Gasteiger partial charge in [-0.05, 0) is 37.1 Å². The molecule has 0 bridgehead atoms. The van der Waals surface area contributed by atoms with E-state index in [1.165, 1.54) is 23.3 Å². The number of rotatable bonds is 6. The molecule has 1 fully saturated rings. The van der Waals surface area contributed by atoms with E-state index in [0.29, 0.717) is 10.7 Å². The quantitative estimate of drug-likeness (QED) is 0.769. The van der Waals surface area contributed by atoms with Gasteiger partial charge in [-0.25, -0.2) is 0 Å². The highest BCUT2D eigenvalue weighted by atomic mass is 32.2. The number of thioether (sulfide) groups is 1. The van der Waals surface area contributed by atoms with Crippen molar-refractivity contribution in [2.45, 2.75) is 49.2 Å². The molecular formula is C15H23NS. The number of likely N-dealkylation sites (N-methyl/N-ethyl adjacent to an activating group) is 1. The molecule has 1 aliphatic carbocycles. The number of hydrogen-bond donors (Lipinski definition) is 1. The zero-order chi connectivity index (χ0) is 12.3. The van der Waals surface area contributed by atoms with Crippen LogP contribution in [0.1, 0.15) is 39.2 Å². The maximum Gasteiger partial charge on any atom is 0.00784 e. The fourth-order valence-corrected chi connectivity index (χ4v) is 3.08. The molecule has 0 unspecified atom stereocenters. The lowest BCUT2D eigenvalue weighted by Crippen LogP contribution is -2.26. The van der Waals surface area contributed by atoms with Gasteiger partial charge in [0.1, 0.15) is 0 Å². The second-order valence-electron chi connectivity index (χ2n) is 5.25. The summed E-state index contributed by atoms with van der Waals surface area (Å²) in [5, 5.41) is 4.16. The molecule has 0 atom stereocenters. The maximum atomic E-state index is 3.49. The van der Waals surface area contributed by atoms with E-state index in [-0.39, 0.29) is 0 Å². The Labute approximate surface area is 109 Å². The van der Waals surface area contributed by atoms with Gasteiger partial charge in [-0.1, -0.05) is 32.9 Å². The van der Waals surface area contributed by atoms with Gasteiger partial charge in [0.15, 0.2) is 0 Å². The highest BCUT2D eigenvalue weighted by Gasteiger charge is 2.43. The van der Waals surface area contributed by atoms with Crippen molar-refractivity contribution < 1.29 is 0 Å². The van der Waals surface area contributed by atoms with Crippen molar-refractivity contribution in [3.8, 4) is 0 Å². The largest absolute Gasteiger partial charge is 0.316 e. The third-order valence-electron chi connectivity index (χ3n) is 3.41. The molecule has 1 aromatic carbocycles. The monoisotopic (exact) mass is 249 g/mol. The number of benzene rings is 1. The Hall–Kier alpha value is -0.470. The van der Waals surface area contributed by atoms with Crippen molar-refractivity contribution >= 4 is 11.8 Å². The molecule has 17 heavy (non-hydrogen) atoms. The average molecular weight is 249 g/mol. The van der Waals surface area contributed by atoms with Crippen LogP contribution in [0.2, 0.25) is 0 Å². The van der Waals surface area contributed by atoms with Crippen LogP contribution in [0, 0.1) is 0 Å². The average Bonchev–Trinajstić information content (AvgIpc) is 3.08. The van der Waals surface area contributed by atoms with E-state index in [0.717, 1.165) is 13.1 Å². The van der Waals surface area contributed by atoms with E-state index in [2.05, 4.69) is 50.4 Å². The Morgan fingerprint density at radius 1 is 1.24 bits per heavy atom. The second kappa shape index (κ2) is 5.45. The van der Waals surface area contributed by atoms with Crippen LogP contribution < -0.4 is 5.32 Å². The van der Waals surface area contributed by atoms with Gasteiger partial charge in [-0.3, -0.25) is 0 Å². The molecule has 1 aliphatic rings. The van der Waals surface area contributed by atoms with Crippen LogP contribution in [0.25, 0.3) is 0 Å². The molecule has 2 heteroatoms. The third-order valence-corrected chi connectivity index (χ3v) is 4.42. The molecule has 2 rings (SSSR count). The molecule has 1 nitrogen and oxygen atoms in total. The summed E-state index contributed by atoms with van der Waals surface area (Å²) in [6, 6.07) is 9.22. The third kappa shape index (κ3) is 3.26. The zero-order valence-corrected chi connectivity index (χ0v) is 11.9. The summed E-state index contributed by atoms with van der Waals surface area (Å²) in [6.07, 6.45) is 2.69. The highest BCUT2D eigenvalue weighted by molar-refractivity contribution is 7.99. The number of nitrogens with one attached hydrogen (secondary N) is 1. The molecule has 0 aromatic heterocycles. The Balaban J connectivity index is 2.02. The van der Waals surface area contributed by atoms with E-state index < -0.39 is 0 Å². The Kier molecular flexibility index (Phi) is 4.16. The Morgan fingerprint density at radius 2 is 1.88 bits per heavy atom. The van der Waals surface area contributed by atoms with Crippen molar-refractivity contribution in [2.75, 3.05) is 13.1 Å². The van der Waals surface area contributed by atoms with Crippen molar-refractivity contribution in [2.24, 2.45) is 0 Å². The van der Waals surface area contributed by atoms with Crippen LogP contribution in [0.15, 0.2) is 29.2 Å². The molecule has 1 aromatic rings. The normalized spacial score (nSPS) is 17.4. The summed E-state index contributed by atoms with van der Waals surface area (Å²) in [5.74, 6) is 0. The molecule has 0 saturated heterocycles. The summed E-state index contributed by atoms with van der Waals surface area (Å²) < 4.78 is 0. The lowest BCUT2D eigenvalue weighted by molar-refractivity contribution is 0.590. The minimum absolute atomic E-state index is 0.455. The van der Waals surface area contributed by atoms with Crippen LogP contribution in [-0.2, 0) is 5.41 Å². The van der Waals surface area contributed by atoms with Gasteiger partial charge in [0.25, 0.3) is 0 Å². The summed E-state index contributed by atoms with van der Waals surface area (Å²) in [7, 11) is 0. The molecule has 1 N–H and O–H groups in total. The predicted molar refractivity (Wildman–Crippen MR) is 76.9 cm³/mol. The fraction of sp³-hybridized carbons (Fsp3) is 0.600. The molecule has 0 spiro atoms. The van der Waals surface area contributed by atoms with E-state index in [4.69, 9.17) is 0 Å². The molecule has 1 saturated carbocycles. The van der Waals surface area contributed by atoms with E-state index in [9.17, 15) is 0 Å². The first-order valence-electron chi connectivity index (χ1n) is 6.64. The smallest absolute Gasteiger partial charge is 0.00784 e. The molecule has 0 radical (unpaired) electrons. The molecular weight excluding hydrogens is 226 g/mol. The fourth-order valence-electron chi connectivity index (χ4n) is 2.24. The van der Waals surface area contributed by atoms with Crippen molar-refractivity contribution in [3.63, 3.8) is 0 Å². The first-order valence-corrected chi connectivity index (χ1v) is 7.52.